The number of allylic oxidation sites excluding steroid dienone is 3. The van der Waals surface area contributed by atoms with Crippen molar-refractivity contribution in [3.63, 3.8) is 0 Å². The quantitative estimate of drug-likeness (QED) is 0.584. The highest BCUT2D eigenvalue weighted by Crippen LogP contribution is 2.35. The van der Waals surface area contributed by atoms with Crippen LogP contribution in [0.2, 0.25) is 0 Å². The van der Waals surface area contributed by atoms with E-state index in [-0.39, 0.29) is 0 Å². The smallest absolute Gasteiger partial charge is 0.000491 e. The first-order valence-corrected chi connectivity index (χ1v) is 4.26. The Balaban J connectivity index is 2.60. The normalized spacial score (nSPS) is 20.1. The lowest BCUT2D eigenvalue weighted by atomic mass is 10.0. The van der Waals surface area contributed by atoms with E-state index < -0.39 is 0 Å². The molecule has 60 valence electrons. The van der Waals surface area contributed by atoms with Crippen molar-refractivity contribution < 1.29 is 0 Å². The molecule has 0 aromatic heterocycles. The van der Waals surface area contributed by atoms with Gasteiger partial charge < -0.3 is 0 Å². The Morgan fingerprint density at radius 2 is 2.08 bits per heavy atom. The minimum absolute atomic E-state index is 0.550. The van der Waals surface area contributed by atoms with Crippen LogP contribution in [0.5, 0.6) is 0 Å². The number of hydrogen-bond acceptors (Lipinski definition) is 0. The van der Waals surface area contributed by atoms with Gasteiger partial charge in [0.15, 0.2) is 0 Å². The molecule has 0 N–H and O–H groups in total. The fourth-order valence-electron chi connectivity index (χ4n) is 1.78. The molecule has 1 unspecified atom stereocenters. The van der Waals surface area contributed by atoms with Crippen LogP contribution in [0.25, 0.3) is 5.57 Å². The first kappa shape index (κ1) is 7.35. The van der Waals surface area contributed by atoms with Gasteiger partial charge in [-0.15, -0.1) is 0 Å². The maximum atomic E-state index is 3.81. The van der Waals surface area contributed by atoms with Gasteiger partial charge in [-0.1, -0.05) is 49.9 Å². The SMILES string of the molecule is C=CC1=CC(C)c2ccccc21. The zero-order chi connectivity index (χ0) is 8.55. The zero-order valence-electron chi connectivity index (χ0n) is 7.25. The highest BCUT2D eigenvalue weighted by Gasteiger charge is 2.16. The third-order valence-corrected chi connectivity index (χ3v) is 2.41. The first-order valence-electron chi connectivity index (χ1n) is 4.26. The molecule has 0 saturated heterocycles. The van der Waals surface area contributed by atoms with Gasteiger partial charge in [-0.25, -0.2) is 0 Å². The summed E-state index contributed by atoms with van der Waals surface area (Å²) in [6, 6.07) is 8.52. The first-order chi connectivity index (χ1) is 5.83. The van der Waals surface area contributed by atoms with Crippen LogP contribution >= 0.6 is 0 Å². The lowest BCUT2D eigenvalue weighted by Crippen LogP contribution is -1.85. The second kappa shape index (κ2) is 2.63. The molecule has 0 saturated carbocycles. The third kappa shape index (κ3) is 0.918. The van der Waals surface area contributed by atoms with E-state index in [1.807, 2.05) is 6.08 Å². The van der Waals surface area contributed by atoms with Crippen LogP contribution in [-0.4, -0.2) is 0 Å². The number of fused-ring (bicyclic) bond motifs is 1. The van der Waals surface area contributed by atoms with Gasteiger partial charge in [-0.2, -0.15) is 0 Å². The standard InChI is InChI=1S/C12H12/c1-3-10-8-9(2)11-6-4-5-7-12(10)11/h3-9H,1H2,2H3. The molecule has 0 nitrogen and oxygen atoms in total. The molecule has 2 rings (SSSR count). The summed E-state index contributed by atoms with van der Waals surface area (Å²) in [7, 11) is 0. The maximum absolute atomic E-state index is 3.81. The Bertz CT molecular complexity index is 345. The van der Waals surface area contributed by atoms with Gasteiger partial charge in [0.05, 0.1) is 0 Å². The molecule has 0 fully saturated rings. The van der Waals surface area contributed by atoms with E-state index in [1.54, 1.807) is 0 Å². The van der Waals surface area contributed by atoms with Gasteiger partial charge in [-0.3, -0.25) is 0 Å². The zero-order valence-corrected chi connectivity index (χ0v) is 7.25. The van der Waals surface area contributed by atoms with E-state index in [1.165, 1.54) is 16.7 Å². The van der Waals surface area contributed by atoms with E-state index in [2.05, 4.69) is 43.8 Å². The minimum Gasteiger partial charge on any atom is -0.0985 e. The van der Waals surface area contributed by atoms with E-state index in [0.717, 1.165) is 0 Å². The fourth-order valence-corrected chi connectivity index (χ4v) is 1.78. The molecule has 1 aromatic rings. The molecule has 1 aliphatic carbocycles. The summed E-state index contributed by atoms with van der Waals surface area (Å²) >= 11 is 0. The van der Waals surface area contributed by atoms with Gasteiger partial charge >= 0.3 is 0 Å². The molecule has 0 radical (unpaired) electrons. The Labute approximate surface area is 73.2 Å². The van der Waals surface area contributed by atoms with Gasteiger partial charge in [-0.05, 0) is 16.7 Å². The fraction of sp³-hybridized carbons (Fsp3) is 0.167. The van der Waals surface area contributed by atoms with Crippen LogP contribution in [0.15, 0.2) is 43.0 Å². The van der Waals surface area contributed by atoms with Crippen molar-refractivity contribution in [3.05, 3.63) is 54.1 Å². The molecule has 1 aromatic carbocycles. The van der Waals surface area contributed by atoms with Crippen LogP contribution in [-0.2, 0) is 0 Å². The number of benzene rings is 1. The number of rotatable bonds is 1. The van der Waals surface area contributed by atoms with E-state index in [9.17, 15) is 0 Å². The van der Waals surface area contributed by atoms with Crippen molar-refractivity contribution in [1.29, 1.82) is 0 Å². The minimum atomic E-state index is 0.550. The summed E-state index contributed by atoms with van der Waals surface area (Å²) in [6.45, 7) is 6.03. The highest BCUT2D eigenvalue weighted by molar-refractivity contribution is 5.80. The molecule has 0 amide bonds. The lowest BCUT2D eigenvalue weighted by Gasteiger charge is -2.02. The summed E-state index contributed by atoms with van der Waals surface area (Å²) in [5.41, 5.74) is 4.05. The monoisotopic (exact) mass is 156 g/mol. The molecule has 0 heterocycles. The van der Waals surface area contributed by atoms with Crippen LogP contribution in [0, 0.1) is 0 Å². The second-order valence-corrected chi connectivity index (χ2v) is 3.20. The Hall–Kier alpha value is -1.30. The average molecular weight is 156 g/mol. The van der Waals surface area contributed by atoms with Crippen LogP contribution < -0.4 is 0 Å². The summed E-state index contributed by atoms with van der Waals surface area (Å²) < 4.78 is 0. The molecule has 0 spiro atoms. The molecular formula is C12H12. The summed E-state index contributed by atoms with van der Waals surface area (Å²) in [4.78, 5) is 0. The van der Waals surface area contributed by atoms with Crippen molar-refractivity contribution in [1.82, 2.24) is 0 Å². The summed E-state index contributed by atoms with van der Waals surface area (Å²) in [5, 5.41) is 0. The van der Waals surface area contributed by atoms with E-state index in [4.69, 9.17) is 0 Å². The Kier molecular flexibility index (Phi) is 1.61. The largest absolute Gasteiger partial charge is 0.0985 e. The summed E-state index contributed by atoms with van der Waals surface area (Å²) in [5.74, 6) is 0.550. The molecule has 12 heavy (non-hydrogen) atoms. The van der Waals surface area contributed by atoms with Crippen LogP contribution in [0.4, 0.5) is 0 Å². The van der Waals surface area contributed by atoms with Gasteiger partial charge in [0, 0.05) is 5.92 Å². The molecule has 0 bridgehead atoms. The van der Waals surface area contributed by atoms with Crippen molar-refractivity contribution in [2.24, 2.45) is 0 Å². The maximum Gasteiger partial charge on any atom is 0.000491 e. The molecule has 1 aliphatic rings. The molecule has 0 aliphatic heterocycles. The third-order valence-electron chi connectivity index (χ3n) is 2.41. The molecular weight excluding hydrogens is 144 g/mol. The van der Waals surface area contributed by atoms with Crippen molar-refractivity contribution >= 4 is 5.57 Å². The van der Waals surface area contributed by atoms with Crippen molar-refractivity contribution in [2.45, 2.75) is 12.8 Å². The van der Waals surface area contributed by atoms with Gasteiger partial charge in [0.2, 0.25) is 0 Å². The van der Waals surface area contributed by atoms with E-state index in [0.29, 0.717) is 5.92 Å². The van der Waals surface area contributed by atoms with Gasteiger partial charge in [0.1, 0.15) is 0 Å². The highest BCUT2D eigenvalue weighted by atomic mass is 14.2. The predicted molar refractivity (Wildman–Crippen MR) is 53.0 cm³/mol. The summed E-state index contributed by atoms with van der Waals surface area (Å²) in [6.07, 6.45) is 4.19. The van der Waals surface area contributed by atoms with Gasteiger partial charge in [0.25, 0.3) is 0 Å². The molecule has 1 atom stereocenters. The Morgan fingerprint density at radius 1 is 1.33 bits per heavy atom. The average Bonchev–Trinajstić information content (AvgIpc) is 2.44. The van der Waals surface area contributed by atoms with Crippen LogP contribution in [0.1, 0.15) is 24.0 Å². The van der Waals surface area contributed by atoms with Crippen molar-refractivity contribution in [3.8, 4) is 0 Å². The van der Waals surface area contributed by atoms with Crippen molar-refractivity contribution in [2.75, 3.05) is 0 Å². The molecule has 0 heteroatoms. The van der Waals surface area contributed by atoms with Crippen LogP contribution in [0.3, 0.4) is 0 Å². The number of hydrogen-bond donors (Lipinski definition) is 0. The second-order valence-electron chi connectivity index (χ2n) is 3.20. The lowest BCUT2D eigenvalue weighted by molar-refractivity contribution is 0.990. The predicted octanol–water partition coefficient (Wildman–Crippen LogP) is 3.37. The Morgan fingerprint density at radius 3 is 2.83 bits per heavy atom. The van der Waals surface area contributed by atoms with E-state index >= 15 is 0 Å². The topological polar surface area (TPSA) is 0 Å².